The van der Waals surface area contributed by atoms with Crippen LogP contribution in [0.4, 0.5) is 0 Å². The first kappa shape index (κ1) is 16.8. The van der Waals surface area contributed by atoms with E-state index in [0.717, 1.165) is 18.7 Å². The van der Waals surface area contributed by atoms with Gasteiger partial charge in [-0.3, -0.25) is 4.79 Å². The molecule has 0 aliphatic heterocycles. The van der Waals surface area contributed by atoms with Crippen LogP contribution >= 0.6 is 23.4 Å². The highest BCUT2D eigenvalue weighted by Gasteiger charge is 2.12. The van der Waals surface area contributed by atoms with Crippen molar-refractivity contribution in [3.8, 4) is 11.5 Å². The standard InChI is InChI=1S/C15H18ClN3O2S/c1-3-19(4-2)13(20)8-9-22-15-18-17-14(21-15)11-6-5-7-12(16)10-11/h5-7,10H,3-4,8-9H2,1-2H3. The predicted octanol–water partition coefficient (Wildman–Crippen LogP) is 3.74. The van der Waals surface area contributed by atoms with Crippen LogP contribution in [0.15, 0.2) is 33.9 Å². The maximum Gasteiger partial charge on any atom is 0.276 e. The second-order valence-electron chi connectivity index (χ2n) is 4.55. The van der Waals surface area contributed by atoms with Crippen molar-refractivity contribution < 1.29 is 9.21 Å². The highest BCUT2D eigenvalue weighted by Crippen LogP contribution is 2.25. The fourth-order valence-corrected chi connectivity index (χ4v) is 2.84. The molecule has 0 unspecified atom stereocenters. The summed E-state index contributed by atoms with van der Waals surface area (Å²) in [4.78, 5) is 13.7. The number of benzene rings is 1. The van der Waals surface area contributed by atoms with Crippen LogP contribution in [-0.4, -0.2) is 39.8 Å². The molecule has 2 aromatic rings. The molecule has 0 fully saturated rings. The molecule has 1 amide bonds. The highest BCUT2D eigenvalue weighted by molar-refractivity contribution is 7.99. The molecule has 0 aliphatic rings. The summed E-state index contributed by atoms with van der Waals surface area (Å²) in [6.07, 6.45) is 0.460. The van der Waals surface area contributed by atoms with Crippen molar-refractivity contribution in [3.63, 3.8) is 0 Å². The van der Waals surface area contributed by atoms with E-state index >= 15 is 0 Å². The third-order valence-electron chi connectivity index (χ3n) is 3.14. The number of amides is 1. The fourth-order valence-electron chi connectivity index (χ4n) is 1.97. The minimum atomic E-state index is 0.145. The maximum absolute atomic E-state index is 11.9. The lowest BCUT2D eigenvalue weighted by Gasteiger charge is -2.17. The van der Waals surface area contributed by atoms with Crippen LogP contribution in [-0.2, 0) is 4.79 Å². The van der Waals surface area contributed by atoms with E-state index in [2.05, 4.69) is 10.2 Å². The summed E-state index contributed by atoms with van der Waals surface area (Å²) in [5, 5.41) is 9.06. The Morgan fingerprint density at radius 1 is 1.32 bits per heavy atom. The molecule has 0 bridgehead atoms. The van der Waals surface area contributed by atoms with Crippen LogP contribution in [0.25, 0.3) is 11.5 Å². The van der Waals surface area contributed by atoms with E-state index in [4.69, 9.17) is 16.0 Å². The van der Waals surface area contributed by atoms with E-state index in [1.807, 2.05) is 30.9 Å². The van der Waals surface area contributed by atoms with E-state index < -0.39 is 0 Å². The van der Waals surface area contributed by atoms with E-state index in [-0.39, 0.29) is 5.91 Å². The number of aromatic nitrogens is 2. The Morgan fingerprint density at radius 2 is 2.09 bits per heavy atom. The monoisotopic (exact) mass is 339 g/mol. The maximum atomic E-state index is 11.9. The third-order valence-corrected chi connectivity index (χ3v) is 4.19. The van der Waals surface area contributed by atoms with Crippen LogP contribution in [0.2, 0.25) is 5.02 Å². The molecule has 22 heavy (non-hydrogen) atoms. The lowest BCUT2D eigenvalue weighted by Crippen LogP contribution is -2.30. The van der Waals surface area contributed by atoms with Crippen molar-refractivity contribution in [1.82, 2.24) is 15.1 Å². The number of carbonyl (C=O) groups excluding carboxylic acids is 1. The van der Waals surface area contributed by atoms with Crippen molar-refractivity contribution in [2.75, 3.05) is 18.8 Å². The molecule has 118 valence electrons. The van der Waals surface area contributed by atoms with Gasteiger partial charge in [0, 0.05) is 35.8 Å². The SMILES string of the molecule is CCN(CC)C(=O)CCSc1nnc(-c2cccc(Cl)c2)o1. The number of hydrogen-bond donors (Lipinski definition) is 0. The van der Waals surface area contributed by atoms with Crippen molar-refractivity contribution in [2.24, 2.45) is 0 Å². The summed E-state index contributed by atoms with van der Waals surface area (Å²) in [5.41, 5.74) is 0.783. The second-order valence-corrected chi connectivity index (χ2v) is 6.03. The summed E-state index contributed by atoms with van der Waals surface area (Å²) in [7, 11) is 0. The van der Waals surface area contributed by atoms with Gasteiger partial charge in [0.25, 0.3) is 5.22 Å². The number of thioether (sulfide) groups is 1. The van der Waals surface area contributed by atoms with Crippen LogP contribution in [0.3, 0.4) is 0 Å². The summed E-state index contributed by atoms with van der Waals surface area (Å²) in [5.74, 6) is 1.19. The van der Waals surface area contributed by atoms with E-state index in [1.165, 1.54) is 11.8 Å². The first-order valence-corrected chi connectivity index (χ1v) is 8.50. The Balaban J connectivity index is 1.89. The van der Waals surface area contributed by atoms with E-state index in [0.29, 0.717) is 28.3 Å². The molecule has 1 heterocycles. The summed E-state index contributed by atoms with van der Waals surface area (Å²) in [6, 6.07) is 7.25. The smallest absolute Gasteiger partial charge is 0.276 e. The average molecular weight is 340 g/mol. The zero-order valence-corrected chi connectivity index (χ0v) is 14.2. The van der Waals surface area contributed by atoms with Crippen molar-refractivity contribution >= 4 is 29.3 Å². The van der Waals surface area contributed by atoms with Gasteiger partial charge in [-0.15, -0.1) is 10.2 Å². The Labute approximate surface area is 139 Å². The fraction of sp³-hybridized carbons (Fsp3) is 0.400. The molecule has 0 spiro atoms. The third kappa shape index (κ3) is 4.48. The molecule has 0 saturated heterocycles. The zero-order valence-electron chi connectivity index (χ0n) is 12.6. The molecule has 0 atom stereocenters. The van der Waals surface area contributed by atoms with E-state index in [9.17, 15) is 4.79 Å². The summed E-state index contributed by atoms with van der Waals surface area (Å²) >= 11 is 7.33. The Bertz CT molecular complexity index is 629. The Morgan fingerprint density at radius 3 is 2.77 bits per heavy atom. The predicted molar refractivity (Wildman–Crippen MR) is 88.0 cm³/mol. The second kappa shape index (κ2) is 8.19. The number of carbonyl (C=O) groups is 1. The lowest BCUT2D eigenvalue weighted by molar-refractivity contribution is -0.130. The number of rotatable bonds is 7. The van der Waals surface area contributed by atoms with Gasteiger partial charge >= 0.3 is 0 Å². The molecular formula is C15H18ClN3O2S. The largest absolute Gasteiger partial charge is 0.411 e. The molecule has 2 rings (SSSR count). The van der Waals surface area contributed by atoms with Crippen LogP contribution in [0.1, 0.15) is 20.3 Å². The summed E-state index contributed by atoms with van der Waals surface area (Å²) in [6.45, 7) is 5.42. The van der Waals surface area contributed by atoms with Crippen LogP contribution in [0, 0.1) is 0 Å². The lowest BCUT2D eigenvalue weighted by atomic mass is 10.2. The number of hydrogen-bond acceptors (Lipinski definition) is 5. The van der Waals surface area contributed by atoms with Crippen LogP contribution < -0.4 is 0 Å². The minimum Gasteiger partial charge on any atom is -0.411 e. The number of halogens is 1. The van der Waals surface area contributed by atoms with Gasteiger partial charge in [0.1, 0.15) is 0 Å². The first-order valence-electron chi connectivity index (χ1n) is 7.14. The molecule has 0 N–H and O–H groups in total. The van der Waals surface area contributed by atoms with Gasteiger partial charge in [-0.05, 0) is 32.0 Å². The highest BCUT2D eigenvalue weighted by atomic mass is 35.5. The molecule has 0 aliphatic carbocycles. The van der Waals surface area contributed by atoms with Crippen LogP contribution in [0.5, 0.6) is 0 Å². The molecule has 1 aromatic carbocycles. The summed E-state index contributed by atoms with van der Waals surface area (Å²) < 4.78 is 5.58. The first-order chi connectivity index (χ1) is 10.6. The average Bonchev–Trinajstić information content (AvgIpc) is 2.97. The Hall–Kier alpha value is -1.53. The van der Waals surface area contributed by atoms with Crippen molar-refractivity contribution in [1.29, 1.82) is 0 Å². The Kier molecular flexibility index (Phi) is 6.27. The molecule has 1 aromatic heterocycles. The van der Waals surface area contributed by atoms with E-state index in [1.54, 1.807) is 12.1 Å². The zero-order chi connectivity index (χ0) is 15.9. The van der Waals surface area contributed by atoms with Gasteiger partial charge in [-0.1, -0.05) is 29.4 Å². The van der Waals surface area contributed by atoms with Gasteiger partial charge in [0.2, 0.25) is 11.8 Å². The van der Waals surface area contributed by atoms with Gasteiger partial charge in [0.05, 0.1) is 0 Å². The molecule has 5 nitrogen and oxygen atoms in total. The van der Waals surface area contributed by atoms with Gasteiger partial charge in [-0.2, -0.15) is 0 Å². The molecular weight excluding hydrogens is 322 g/mol. The molecule has 7 heteroatoms. The quantitative estimate of drug-likeness (QED) is 0.719. The minimum absolute atomic E-state index is 0.145. The normalized spacial score (nSPS) is 10.7. The number of nitrogens with zero attached hydrogens (tertiary/aromatic N) is 3. The van der Waals surface area contributed by atoms with Crippen molar-refractivity contribution in [2.45, 2.75) is 25.5 Å². The van der Waals surface area contributed by atoms with Gasteiger partial charge in [0.15, 0.2) is 0 Å². The van der Waals surface area contributed by atoms with Gasteiger partial charge < -0.3 is 9.32 Å². The van der Waals surface area contributed by atoms with Gasteiger partial charge in [-0.25, -0.2) is 0 Å². The molecule has 0 saturated carbocycles. The molecule has 0 radical (unpaired) electrons. The van der Waals surface area contributed by atoms with Crippen molar-refractivity contribution in [3.05, 3.63) is 29.3 Å². The topological polar surface area (TPSA) is 59.2 Å².